The van der Waals surface area contributed by atoms with Crippen LogP contribution in [-0.4, -0.2) is 20.8 Å². The first-order chi connectivity index (χ1) is 16.5. The summed E-state index contributed by atoms with van der Waals surface area (Å²) in [4.78, 5) is 22.5. The van der Waals surface area contributed by atoms with Crippen LogP contribution in [0.1, 0.15) is 33.1 Å². The molecule has 0 radical (unpaired) electrons. The molecule has 4 aromatic rings. The van der Waals surface area contributed by atoms with Gasteiger partial charge in [-0.3, -0.25) is 14.7 Å². The molecule has 0 bridgehead atoms. The molecule has 9 heteroatoms. The average molecular weight is 466 g/mol. The van der Waals surface area contributed by atoms with E-state index in [1.165, 1.54) is 30.5 Å². The molecule has 0 unspecified atom stereocenters. The SMILES string of the molecule is O=C(NCc1cccnc1)c1coc(CN(Cc2ccc(F)cc2)Cc2ccc(F)cc2F)n1. The molecule has 2 aromatic heterocycles. The Labute approximate surface area is 194 Å². The van der Waals surface area contributed by atoms with Crippen LogP contribution in [0.4, 0.5) is 13.2 Å². The van der Waals surface area contributed by atoms with Gasteiger partial charge in [0, 0.05) is 43.7 Å². The molecule has 0 saturated carbocycles. The summed E-state index contributed by atoms with van der Waals surface area (Å²) in [6.45, 7) is 0.871. The largest absolute Gasteiger partial charge is 0.447 e. The van der Waals surface area contributed by atoms with Gasteiger partial charge in [0.25, 0.3) is 5.91 Å². The van der Waals surface area contributed by atoms with Crippen molar-refractivity contribution < 1.29 is 22.4 Å². The van der Waals surface area contributed by atoms with Crippen molar-refractivity contribution >= 4 is 5.91 Å². The van der Waals surface area contributed by atoms with E-state index in [1.54, 1.807) is 35.5 Å². The number of carbonyl (C=O) groups is 1. The highest BCUT2D eigenvalue weighted by molar-refractivity contribution is 5.91. The Bertz CT molecular complexity index is 1250. The molecule has 34 heavy (non-hydrogen) atoms. The van der Waals surface area contributed by atoms with Crippen molar-refractivity contribution in [3.05, 3.63) is 119 Å². The van der Waals surface area contributed by atoms with Crippen molar-refractivity contribution in [1.29, 1.82) is 0 Å². The topological polar surface area (TPSA) is 71.3 Å². The second-order valence-corrected chi connectivity index (χ2v) is 7.68. The molecule has 1 N–H and O–H groups in total. The minimum Gasteiger partial charge on any atom is -0.447 e. The summed E-state index contributed by atoms with van der Waals surface area (Å²) in [5.41, 5.74) is 2.01. The van der Waals surface area contributed by atoms with E-state index in [1.807, 2.05) is 6.07 Å². The summed E-state index contributed by atoms with van der Waals surface area (Å²) in [6.07, 6.45) is 4.55. The lowest BCUT2D eigenvalue weighted by molar-refractivity contribution is 0.0945. The molecule has 0 spiro atoms. The van der Waals surface area contributed by atoms with Crippen LogP contribution in [-0.2, 0) is 26.2 Å². The van der Waals surface area contributed by atoms with Crippen molar-refractivity contribution in [3.8, 4) is 0 Å². The maximum absolute atomic E-state index is 14.3. The van der Waals surface area contributed by atoms with Crippen LogP contribution in [0.15, 0.2) is 77.7 Å². The third-order valence-corrected chi connectivity index (χ3v) is 5.05. The summed E-state index contributed by atoms with van der Waals surface area (Å²) in [6, 6.07) is 12.9. The Kier molecular flexibility index (Phi) is 7.34. The van der Waals surface area contributed by atoms with Crippen LogP contribution in [0.3, 0.4) is 0 Å². The fourth-order valence-corrected chi connectivity index (χ4v) is 3.36. The zero-order valence-electron chi connectivity index (χ0n) is 18.0. The van der Waals surface area contributed by atoms with Gasteiger partial charge in [-0.05, 0) is 35.4 Å². The van der Waals surface area contributed by atoms with Crippen molar-refractivity contribution in [1.82, 2.24) is 20.2 Å². The number of rotatable bonds is 9. The van der Waals surface area contributed by atoms with E-state index in [0.29, 0.717) is 6.54 Å². The molecule has 2 aromatic carbocycles. The number of oxazole rings is 1. The maximum atomic E-state index is 14.3. The van der Waals surface area contributed by atoms with Crippen LogP contribution >= 0.6 is 0 Å². The van der Waals surface area contributed by atoms with E-state index in [9.17, 15) is 18.0 Å². The summed E-state index contributed by atoms with van der Waals surface area (Å²) in [5, 5.41) is 2.74. The Morgan fingerprint density at radius 3 is 2.47 bits per heavy atom. The number of nitrogens with zero attached hydrogens (tertiary/aromatic N) is 3. The Balaban J connectivity index is 1.46. The number of hydrogen-bond donors (Lipinski definition) is 1. The number of benzene rings is 2. The van der Waals surface area contributed by atoms with Crippen LogP contribution in [0.5, 0.6) is 0 Å². The van der Waals surface area contributed by atoms with Gasteiger partial charge in [0.05, 0.1) is 6.54 Å². The smallest absolute Gasteiger partial charge is 0.273 e. The highest BCUT2D eigenvalue weighted by Crippen LogP contribution is 2.17. The van der Waals surface area contributed by atoms with Gasteiger partial charge < -0.3 is 9.73 Å². The van der Waals surface area contributed by atoms with E-state index in [0.717, 1.165) is 17.2 Å². The van der Waals surface area contributed by atoms with E-state index in [-0.39, 0.29) is 42.6 Å². The monoisotopic (exact) mass is 466 g/mol. The number of carbonyl (C=O) groups excluding carboxylic acids is 1. The molecule has 2 heterocycles. The minimum absolute atomic E-state index is 0.105. The number of nitrogens with one attached hydrogen (secondary N) is 1. The quantitative estimate of drug-likeness (QED) is 0.390. The van der Waals surface area contributed by atoms with Crippen LogP contribution in [0.2, 0.25) is 0 Å². The summed E-state index contributed by atoms with van der Waals surface area (Å²) >= 11 is 0. The number of aromatic nitrogens is 2. The summed E-state index contributed by atoms with van der Waals surface area (Å²) < 4.78 is 46.3. The second kappa shape index (κ2) is 10.8. The molecule has 0 atom stereocenters. The molecule has 0 aliphatic heterocycles. The van der Waals surface area contributed by atoms with Gasteiger partial charge in [-0.25, -0.2) is 18.2 Å². The van der Waals surface area contributed by atoms with Crippen molar-refractivity contribution in [3.63, 3.8) is 0 Å². The average Bonchev–Trinajstić information content (AvgIpc) is 3.30. The summed E-state index contributed by atoms with van der Waals surface area (Å²) in [5.74, 6) is -1.87. The van der Waals surface area contributed by atoms with Gasteiger partial charge in [-0.2, -0.15) is 0 Å². The molecule has 4 rings (SSSR count). The van der Waals surface area contributed by atoms with Crippen LogP contribution < -0.4 is 5.32 Å². The van der Waals surface area contributed by atoms with Crippen LogP contribution in [0, 0.1) is 17.5 Å². The van der Waals surface area contributed by atoms with Gasteiger partial charge in [0.1, 0.15) is 23.7 Å². The molecule has 0 aliphatic rings. The minimum atomic E-state index is -0.674. The Hall–Kier alpha value is -3.98. The van der Waals surface area contributed by atoms with E-state index in [4.69, 9.17) is 4.42 Å². The predicted molar refractivity (Wildman–Crippen MR) is 118 cm³/mol. The van der Waals surface area contributed by atoms with Crippen LogP contribution in [0.25, 0.3) is 0 Å². The predicted octanol–water partition coefficient (Wildman–Crippen LogP) is 4.62. The fourth-order valence-electron chi connectivity index (χ4n) is 3.36. The first kappa shape index (κ1) is 23.2. The van der Waals surface area contributed by atoms with Gasteiger partial charge in [0.2, 0.25) is 5.89 Å². The normalized spacial score (nSPS) is 11.1. The zero-order valence-corrected chi connectivity index (χ0v) is 18.0. The molecule has 1 amide bonds. The second-order valence-electron chi connectivity index (χ2n) is 7.68. The van der Waals surface area contributed by atoms with Gasteiger partial charge in [-0.15, -0.1) is 0 Å². The van der Waals surface area contributed by atoms with E-state index >= 15 is 0 Å². The lowest BCUT2D eigenvalue weighted by atomic mass is 10.1. The third-order valence-electron chi connectivity index (χ3n) is 5.05. The van der Waals surface area contributed by atoms with Crippen molar-refractivity contribution in [2.75, 3.05) is 0 Å². The highest BCUT2D eigenvalue weighted by atomic mass is 19.1. The first-order valence-corrected chi connectivity index (χ1v) is 10.5. The summed E-state index contributed by atoms with van der Waals surface area (Å²) in [7, 11) is 0. The van der Waals surface area contributed by atoms with Gasteiger partial charge >= 0.3 is 0 Å². The van der Waals surface area contributed by atoms with Crippen molar-refractivity contribution in [2.24, 2.45) is 0 Å². The number of hydrogen-bond acceptors (Lipinski definition) is 5. The van der Waals surface area contributed by atoms with E-state index < -0.39 is 17.5 Å². The maximum Gasteiger partial charge on any atom is 0.273 e. The molecule has 0 aliphatic carbocycles. The Morgan fingerprint density at radius 2 is 1.74 bits per heavy atom. The molecular formula is C25H21F3N4O2. The number of amides is 1. The van der Waals surface area contributed by atoms with Gasteiger partial charge in [0.15, 0.2) is 5.69 Å². The van der Waals surface area contributed by atoms with E-state index in [2.05, 4.69) is 15.3 Å². The Morgan fingerprint density at radius 1 is 0.941 bits per heavy atom. The van der Waals surface area contributed by atoms with Crippen molar-refractivity contribution in [2.45, 2.75) is 26.2 Å². The number of pyridine rings is 1. The molecule has 0 saturated heterocycles. The molecule has 6 nitrogen and oxygen atoms in total. The number of halogens is 3. The first-order valence-electron chi connectivity index (χ1n) is 10.5. The molecular weight excluding hydrogens is 445 g/mol. The van der Waals surface area contributed by atoms with Gasteiger partial charge in [-0.1, -0.05) is 24.3 Å². The highest BCUT2D eigenvalue weighted by Gasteiger charge is 2.17. The molecule has 0 fully saturated rings. The third kappa shape index (κ3) is 6.29. The lowest BCUT2D eigenvalue weighted by Gasteiger charge is -2.21. The fraction of sp³-hybridized carbons (Fsp3) is 0.160. The standard InChI is InChI=1S/C25H21F3N4O2/c26-20-6-3-17(4-7-20)13-32(14-19-5-8-21(27)10-22(19)28)15-24-31-23(16-34-24)25(33)30-12-18-2-1-9-29-11-18/h1-11,16H,12-15H2,(H,30,33). The lowest BCUT2D eigenvalue weighted by Crippen LogP contribution is -2.24. The zero-order chi connectivity index (χ0) is 23.9. The molecule has 174 valence electrons.